The Hall–Kier alpha value is -1.10. The molecule has 1 atom stereocenters. The predicted octanol–water partition coefficient (Wildman–Crippen LogP) is 5.11. The van der Waals surface area contributed by atoms with E-state index in [4.69, 9.17) is 10.8 Å². The molecule has 0 saturated carbocycles. The fraction of sp³-hybridized carbons (Fsp3) is 0.900. The van der Waals surface area contributed by atoms with Gasteiger partial charge in [-0.15, -0.1) is 0 Å². The molecule has 0 bridgehead atoms. The Morgan fingerprint density at radius 1 is 0.720 bits per heavy atom. The van der Waals surface area contributed by atoms with Crippen molar-refractivity contribution in [3.63, 3.8) is 0 Å². The van der Waals surface area contributed by atoms with E-state index >= 15 is 0 Å². The maximum absolute atomic E-state index is 11.3. The zero-order valence-electron chi connectivity index (χ0n) is 16.1. The Kier molecular flexibility index (Phi) is 14.5. The summed E-state index contributed by atoms with van der Waals surface area (Å²) in [5.41, 5.74) is 4.47. The fourth-order valence-electron chi connectivity index (χ4n) is 3.13. The molecule has 0 aromatic rings. The van der Waals surface area contributed by atoms with Crippen LogP contribution in [0.1, 0.15) is 110 Å². The van der Waals surface area contributed by atoms with Gasteiger partial charge in [-0.05, 0) is 12.8 Å². The zero-order valence-corrected chi connectivity index (χ0v) is 16.1. The lowest BCUT2D eigenvalue weighted by Gasteiger charge is -2.23. The third-order valence-electron chi connectivity index (χ3n) is 4.94. The normalized spacial score (nSPS) is 13.5. The highest BCUT2D eigenvalue weighted by molar-refractivity contribution is 5.79. The van der Waals surface area contributed by atoms with Crippen LogP contribution in [0.2, 0.25) is 0 Å². The number of unbranched alkanes of at least 4 members (excludes halogenated alkanes) is 12. The first-order valence-corrected chi connectivity index (χ1v) is 10.2. The van der Waals surface area contributed by atoms with E-state index in [-0.39, 0.29) is 12.8 Å². The third kappa shape index (κ3) is 13.8. The van der Waals surface area contributed by atoms with Gasteiger partial charge in [0.05, 0.1) is 0 Å². The lowest BCUT2D eigenvalue weighted by Crippen LogP contribution is -2.48. The highest BCUT2D eigenvalue weighted by Gasteiger charge is 2.33. The number of hydrogen-bond acceptors (Lipinski definition) is 3. The Morgan fingerprint density at radius 2 is 1.12 bits per heavy atom. The quantitative estimate of drug-likeness (QED) is 0.296. The lowest BCUT2D eigenvalue weighted by molar-refractivity contribution is -0.145. The van der Waals surface area contributed by atoms with Crippen LogP contribution in [0.4, 0.5) is 0 Å². The molecule has 0 heterocycles. The average Bonchev–Trinajstić information content (AvgIpc) is 2.57. The van der Waals surface area contributed by atoms with Crippen LogP contribution >= 0.6 is 0 Å². The van der Waals surface area contributed by atoms with Crippen LogP contribution in [-0.2, 0) is 9.59 Å². The maximum Gasteiger partial charge on any atom is 0.323 e. The average molecular weight is 358 g/mol. The van der Waals surface area contributed by atoms with Crippen LogP contribution in [0.3, 0.4) is 0 Å². The van der Waals surface area contributed by atoms with Crippen molar-refractivity contribution in [2.75, 3.05) is 0 Å². The molecule has 148 valence electrons. The first kappa shape index (κ1) is 23.9. The summed E-state index contributed by atoms with van der Waals surface area (Å²) in [4.78, 5) is 21.9. The molecule has 0 spiro atoms. The summed E-state index contributed by atoms with van der Waals surface area (Å²) in [5, 5.41) is 17.9. The van der Waals surface area contributed by atoms with Crippen LogP contribution < -0.4 is 5.73 Å². The molecular formula is C20H39NO4. The van der Waals surface area contributed by atoms with Gasteiger partial charge in [-0.25, -0.2) is 0 Å². The highest BCUT2D eigenvalue weighted by atomic mass is 16.4. The number of aliphatic carboxylic acids is 2. The van der Waals surface area contributed by atoms with Crippen molar-refractivity contribution >= 4 is 11.9 Å². The topological polar surface area (TPSA) is 101 Å². The first-order chi connectivity index (χ1) is 11.9. The van der Waals surface area contributed by atoms with Gasteiger partial charge in [0.1, 0.15) is 5.54 Å². The van der Waals surface area contributed by atoms with E-state index < -0.39 is 17.5 Å². The Balaban J connectivity index is 3.54. The summed E-state index contributed by atoms with van der Waals surface area (Å²) in [6.45, 7) is 2.24. The number of carboxylic acid groups (broad SMARTS) is 2. The lowest BCUT2D eigenvalue weighted by atomic mass is 9.88. The molecular weight excluding hydrogens is 318 g/mol. The molecule has 4 N–H and O–H groups in total. The summed E-state index contributed by atoms with van der Waals surface area (Å²) < 4.78 is 0. The highest BCUT2D eigenvalue weighted by Crippen LogP contribution is 2.20. The minimum atomic E-state index is -1.39. The largest absolute Gasteiger partial charge is 0.481 e. The number of rotatable bonds is 18. The van der Waals surface area contributed by atoms with Gasteiger partial charge < -0.3 is 15.9 Å². The molecule has 0 radical (unpaired) electrons. The Bertz CT molecular complexity index is 360. The standard InChI is InChI=1S/C20H39NO4/c1-2-3-4-5-6-7-8-9-10-11-12-13-14-16-20(21,19(24)25)17-15-18(22)23/h2-17,21H2,1H3,(H,22,23)(H,24,25). The van der Waals surface area contributed by atoms with Crippen LogP contribution in [0.5, 0.6) is 0 Å². The van der Waals surface area contributed by atoms with Gasteiger partial charge in [-0.2, -0.15) is 0 Å². The number of hydrogen-bond donors (Lipinski definition) is 3. The SMILES string of the molecule is CCCCCCCCCCCCCCCC(N)(CCC(=O)O)C(=O)O. The molecule has 0 amide bonds. The van der Waals surface area contributed by atoms with Crippen LogP contribution in [0.15, 0.2) is 0 Å². The Morgan fingerprint density at radius 3 is 1.48 bits per heavy atom. The van der Waals surface area contributed by atoms with Crippen molar-refractivity contribution in [2.24, 2.45) is 5.73 Å². The van der Waals surface area contributed by atoms with Gasteiger partial charge in [0.2, 0.25) is 0 Å². The number of nitrogens with two attached hydrogens (primary N) is 1. The molecule has 0 aromatic heterocycles. The summed E-state index contributed by atoms with van der Waals surface area (Å²) >= 11 is 0. The molecule has 5 heteroatoms. The Labute approximate surface area is 153 Å². The van der Waals surface area contributed by atoms with Crippen molar-refractivity contribution in [1.29, 1.82) is 0 Å². The fourth-order valence-corrected chi connectivity index (χ4v) is 3.13. The number of carboxylic acids is 2. The molecule has 25 heavy (non-hydrogen) atoms. The summed E-state index contributed by atoms with van der Waals surface area (Å²) in [7, 11) is 0. The van der Waals surface area contributed by atoms with Gasteiger partial charge in [-0.3, -0.25) is 9.59 Å². The number of carbonyl (C=O) groups is 2. The van der Waals surface area contributed by atoms with Gasteiger partial charge in [0.25, 0.3) is 0 Å². The van der Waals surface area contributed by atoms with Gasteiger partial charge in [-0.1, -0.05) is 90.4 Å². The molecule has 5 nitrogen and oxygen atoms in total. The molecule has 0 aliphatic rings. The van der Waals surface area contributed by atoms with E-state index in [1.54, 1.807) is 0 Å². The minimum Gasteiger partial charge on any atom is -0.481 e. The van der Waals surface area contributed by atoms with Crippen LogP contribution in [0.25, 0.3) is 0 Å². The van der Waals surface area contributed by atoms with Crippen molar-refractivity contribution in [3.8, 4) is 0 Å². The van der Waals surface area contributed by atoms with Crippen molar-refractivity contribution in [1.82, 2.24) is 0 Å². The van der Waals surface area contributed by atoms with Gasteiger partial charge >= 0.3 is 11.9 Å². The minimum absolute atomic E-state index is 0.00404. The van der Waals surface area contributed by atoms with E-state index in [0.717, 1.165) is 19.3 Å². The van der Waals surface area contributed by atoms with Gasteiger partial charge in [0, 0.05) is 6.42 Å². The van der Waals surface area contributed by atoms with Crippen LogP contribution in [-0.4, -0.2) is 27.7 Å². The van der Waals surface area contributed by atoms with E-state index in [2.05, 4.69) is 6.92 Å². The molecule has 0 aliphatic heterocycles. The first-order valence-electron chi connectivity index (χ1n) is 10.2. The van der Waals surface area contributed by atoms with Crippen molar-refractivity contribution in [2.45, 2.75) is 115 Å². The van der Waals surface area contributed by atoms with Crippen molar-refractivity contribution in [3.05, 3.63) is 0 Å². The summed E-state index contributed by atoms with van der Waals surface area (Å²) in [6.07, 6.45) is 16.2. The molecule has 1 unspecified atom stereocenters. The smallest absolute Gasteiger partial charge is 0.323 e. The molecule has 0 rings (SSSR count). The molecule has 0 aliphatic carbocycles. The second kappa shape index (κ2) is 15.2. The third-order valence-corrected chi connectivity index (χ3v) is 4.94. The monoisotopic (exact) mass is 357 g/mol. The second-order valence-electron chi connectivity index (χ2n) is 7.35. The van der Waals surface area contributed by atoms with E-state index in [0.29, 0.717) is 6.42 Å². The summed E-state index contributed by atoms with van der Waals surface area (Å²) in [6, 6.07) is 0. The van der Waals surface area contributed by atoms with Gasteiger partial charge in [0.15, 0.2) is 0 Å². The zero-order chi connectivity index (χ0) is 19.0. The second-order valence-corrected chi connectivity index (χ2v) is 7.35. The van der Waals surface area contributed by atoms with Crippen LogP contribution in [0, 0.1) is 0 Å². The maximum atomic E-state index is 11.3. The summed E-state index contributed by atoms with van der Waals surface area (Å²) in [5.74, 6) is -2.09. The molecule has 0 saturated heterocycles. The predicted molar refractivity (Wildman–Crippen MR) is 102 cm³/mol. The molecule has 0 aromatic carbocycles. The van der Waals surface area contributed by atoms with Crippen molar-refractivity contribution < 1.29 is 19.8 Å². The van der Waals surface area contributed by atoms with E-state index in [9.17, 15) is 14.7 Å². The molecule has 0 fully saturated rings. The van der Waals surface area contributed by atoms with E-state index in [1.807, 2.05) is 0 Å². The van der Waals surface area contributed by atoms with E-state index in [1.165, 1.54) is 64.2 Å².